The molecule has 1 aromatic carbocycles. The maximum absolute atomic E-state index is 14.3. The standard InChI is InChI=1S/C46H74N16O12/c47-17-5-3-11-29(40(68)59-32(42(70)61-34(24-63)45(73)74)21-25-23-55-28-10-2-1-9-26(25)28)57-39(67)30(12-4-6-18-48)58-43(71)35-14-8-20-62(35)44(72)33(22-37(51)65)60-41(69)31(13-7-19-54-46(52)53)56-38(66)27(49)15-16-36(50)64/h1-2,9-10,23,27,29-35,55,63H,3-8,11-22,24,47-49H2,(H2,50,64)(H2,51,65)(H,56,66)(H,57,67)(H,58,71)(H,59,68)(H,60,69)(H,61,70)(H,73,74)(H4,52,53,54)/t27-,29-,30-,31-,32-,33-,34-,35-/m0/s1. The number of hydrogen-bond acceptors (Lipinski definition) is 15. The van der Waals surface area contributed by atoms with E-state index in [2.05, 4.69) is 41.9 Å². The van der Waals surface area contributed by atoms with Gasteiger partial charge in [0.05, 0.1) is 19.1 Å². The number of unbranched alkanes of at least 4 members (excludes halogenated alkanes) is 2. The molecule has 2 aromatic rings. The van der Waals surface area contributed by atoms with Crippen molar-refractivity contribution in [3.05, 3.63) is 36.0 Å². The molecule has 1 saturated heterocycles. The van der Waals surface area contributed by atoms with E-state index in [0.717, 1.165) is 15.8 Å². The average Bonchev–Trinajstić information content (AvgIpc) is 4.02. The van der Waals surface area contributed by atoms with Gasteiger partial charge in [-0.2, -0.15) is 0 Å². The minimum Gasteiger partial charge on any atom is -0.480 e. The Kier molecular flexibility index (Phi) is 25.7. The number of carbonyl (C=O) groups excluding carboxylic acids is 9. The molecule has 0 saturated carbocycles. The number of aromatic nitrogens is 1. The Morgan fingerprint density at radius 2 is 1.22 bits per heavy atom. The maximum atomic E-state index is 14.3. The Balaban J connectivity index is 1.88. The van der Waals surface area contributed by atoms with E-state index in [1.54, 1.807) is 30.5 Å². The molecule has 9 amide bonds. The lowest BCUT2D eigenvalue weighted by Crippen LogP contribution is -2.60. The van der Waals surface area contributed by atoms with Gasteiger partial charge in [0.1, 0.15) is 42.3 Å². The van der Waals surface area contributed by atoms with Gasteiger partial charge in [-0.25, -0.2) is 4.79 Å². The molecule has 0 radical (unpaired) electrons. The Hall–Kier alpha value is -7.43. The van der Waals surface area contributed by atoms with Crippen LogP contribution in [0.3, 0.4) is 0 Å². The van der Waals surface area contributed by atoms with Gasteiger partial charge in [-0.15, -0.1) is 0 Å². The van der Waals surface area contributed by atoms with Crippen molar-refractivity contribution in [3.8, 4) is 0 Å². The van der Waals surface area contributed by atoms with Crippen LogP contribution in [0.2, 0.25) is 0 Å². The molecule has 3 rings (SSSR count). The van der Waals surface area contributed by atoms with Gasteiger partial charge in [-0.1, -0.05) is 18.2 Å². The summed E-state index contributed by atoms with van der Waals surface area (Å²) in [5, 5.41) is 35.2. The van der Waals surface area contributed by atoms with Crippen molar-refractivity contribution in [1.29, 1.82) is 0 Å². The fourth-order valence-corrected chi connectivity index (χ4v) is 8.18. The molecule has 0 unspecified atom stereocenters. The number of nitrogens with zero attached hydrogens (tertiary/aromatic N) is 2. The Morgan fingerprint density at radius 1 is 0.676 bits per heavy atom. The zero-order valence-electron chi connectivity index (χ0n) is 41.4. The number of benzene rings is 1. The van der Waals surface area contributed by atoms with Crippen LogP contribution in [-0.2, 0) is 54.4 Å². The van der Waals surface area contributed by atoms with E-state index in [0.29, 0.717) is 37.7 Å². The molecule has 74 heavy (non-hydrogen) atoms. The summed E-state index contributed by atoms with van der Waals surface area (Å²) in [6.07, 6.45) is 2.49. The monoisotopic (exact) mass is 1040 g/mol. The molecule has 28 heteroatoms. The normalized spacial score (nSPS) is 16.0. The number of hydrogen-bond donors (Lipinski definition) is 16. The first-order chi connectivity index (χ1) is 35.2. The summed E-state index contributed by atoms with van der Waals surface area (Å²) in [4.78, 5) is 141. The molecule has 0 spiro atoms. The van der Waals surface area contributed by atoms with Crippen LogP contribution >= 0.6 is 0 Å². The fourth-order valence-electron chi connectivity index (χ4n) is 8.18. The number of nitrogens with two attached hydrogens (primary N) is 7. The molecule has 1 aliphatic rings. The van der Waals surface area contributed by atoms with Gasteiger partial charge in [-0.3, -0.25) is 48.1 Å². The summed E-state index contributed by atoms with van der Waals surface area (Å²) in [5.41, 5.74) is 40.3. The van der Waals surface area contributed by atoms with Crippen molar-refractivity contribution in [3.63, 3.8) is 0 Å². The number of rotatable bonds is 34. The fraction of sp³-hybridized carbons (Fsp3) is 0.587. The summed E-state index contributed by atoms with van der Waals surface area (Å²) in [6.45, 7) is -0.416. The third kappa shape index (κ3) is 19.9. The number of aliphatic hydroxyl groups is 1. The quantitative estimate of drug-likeness (QED) is 0.0177. The van der Waals surface area contributed by atoms with Crippen molar-refractivity contribution in [1.82, 2.24) is 41.8 Å². The van der Waals surface area contributed by atoms with Crippen LogP contribution in [0.1, 0.15) is 89.0 Å². The van der Waals surface area contributed by atoms with E-state index < -0.39 is 120 Å². The number of H-pyrrole nitrogens is 1. The predicted octanol–water partition coefficient (Wildman–Crippen LogP) is -5.53. The van der Waals surface area contributed by atoms with E-state index in [9.17, 15) is 58.2 Å². The van der Waals surface area contributed by atoms with Crippen LogP contribution in [0.15, 0.2) is 35.5 Å². The van der Waals surface area contributed by atoms with E-state index >= 15 is 0 Å². The van der Waals surface area contributed by atoms with E-state index in [4.69, 9.17) is 40.1 Å². The van der Waals surface area contributed by atoms with Gasteiger partial charge >= 0.3 is 5.97 Å². The SMILES string of the molecule is NCCCC[C@H](NC(=O)[C@H](CCCCN)NC(=O)[C@@H]1CCCN1C(=O)[C@H](CC(N)=O)NC(=O)[C@H](CCCN=C(N)N)NC(=O)[C@@H](N)CCC(N)=O)C(=O)N[C@@H](Cc1c[nH]c2ccccc12)C(=O)N[C@@H](CO)C(=O)O. The lowest BCUT2D eigenvalue weighted by Gasteiger charge is -2.31. The summed E-state index contributed by atoms with van der Waals surface area (Å²) in [7, 11) is 0. The van der Waals surface area contributed by atoms with Crippen molar-refractivity contribution in [2.75, 3.05) is 32.8 Å². The van der Waals surface area contributed by atoms with Gasteiger partial charge in [0.15, 0.2) is 5.96 Å². The number of carboxylic acids is 1. The zero-order valence-corrected chi connectivity index (χ0v) is 41.4. The lowest BCUT2D eigenvalue weighted by molar-refractivity contribution is -0.143. The first-order valence-electron chi connectivity index (χ1n) is 24.5. The number of amides is 9. The number of aliphatic imine (C=N–C) groups is 1. The van der Waals surface area contributed by atoms with E-state index in [1.165, 1.54) is 0 Å². The molecule has 1 aromatic heterocycles. The highest BCUT2D eigenvalue weighted by Gasteiger charge is 2.41. The minimum absolute atomic E-state index is 0.0122. The minimum atomic E-state index is -1.70. The van der Waals surface area contributed by atoms with Gasteiger partial charge in [0.25, 0.3) is 0 Å². The second-order valence-corrected chi connectivity index (χ2v) is 17.9. The van der Waals surface area contributed by atoms with Crippen molar-refractivity contribution >= 4 is 76.0 Å². The highest BCUT2D eigenvalue weighted by atomic mass is 16.4. The number of aliphatic carboxylic acids is 1. The first-order valence-corrected chi connectivity index (χ1v) is 24.5. The van der Waals surface area contributed by atoms with Gasteiger partial charge < -0.3 is 92.1 Å². The second-order valence-electron chi connectivity index (χ2n) is 17.9. The molecule has 1 fully saturated rings. The number of carbonyl (C=O) groups is 10. The molecule has 8 atom stereocenters. The van der Waals surface area contributed by atoms with Gasteiger partial charge in [0, 0.05) is 43.0 Å². The summed E-state index contributed by atoms with van der Waals surface area (Å²) in [6, 6.07) is -4.03. The van der Waals surface area contributed by atoms with Crippen LogP contribution in [-0.4, -0.2) is 166 Å². The Morgan fingerprint density at radius 3 is 1.78 bits per heavy atom. The number of carboxylic acid groups (broad SMARTS) is 1. The average molecular weight is 1040 g/mol. The number of guanidine groups is 1. The molecule has 1 aliphatic heterocycles. The Labute approximate surface area is 427 Å². The van der Waals surface area contributed by atoms with Crippen molar-refractivity contribution < 1.29 is 58.2 Å². The summed E-state index contributed by atoms with van der Waals surface area (Å²) in [5.74, 6) is -9.40. The maximum Gasteiger partial charge on any atom is 0.328 e. The number of para-hydroxylation sites is 1. The third-order valence-corrected chi connectivity index (χ3v) is 12.2. The predicted molar refractivity (Wildman–Crippen MR) is 269 cm³/mol. The number of aliphatic hydroxyl groups excluding tert-OH is 1. The third-order valence-electron chi connectivity index (χ3n) is 12.2. The molecular formula is C46H74N16O12. The Bertz CT molecular complexity index is 2290. The largest absolute Gasteiger partial charge is 0.480 e. The molecular weight excluding hydrogens is 969 g/mol. The summed E-state index contributed by atoms with van der Waals surface area (Å²) < 4.78 is 0. The lowest BCUT2D eigenvalue weighted by atomic mass is 10.0. The number of fused-ring (bicyclic) bond motifs is 1. The molecule has 2 heterocycles. The van der Waals surface area contributed by atoms with E-state index in [-0.39, 0.29) is 83.5 Å². The van der Waals surface area contributed by atoms with Crippen LogP contribution < -0.4 is 72.0 Å². The van der Waals surface area contributed by atoms with Gasteiger partial charge in [-0.05, 0) is 95.3 Å². The number of nitrogens with one attached hydrogen (secondary N) is 7. The smallest absolute Gasteiger partial charge is 0.328 e. The van der Waals surface area contributed by atoms with Crippen LogP contribution in [0.4, 0.5) is 0 Å². The zero-order chi connectivity index (χ0) is 54.9. The summed E-state index contributed by atoms with van der Waals surface area (Å²) >= 11 is 0. The first kappa shape index (κ1) is 60.9. The van der Waals surface area contributed by atoms with Crippen LogP contribution in [0.25, 0.3) is 10.9 Å². The van der Waals surface area contributed by atoms with E-state index in [1.807, 2.05) is 0 Å². The van der Waals surface area contributed by atoms with Crippen LogP contribution in [0.5, 0.6) is 0 Å². The topological polar surface area (TPSA) is 497 Å². The molecule has 0 aliphatic carbocycles. The number of primary amides is 2. The number of likely N-dealkylation sites (tertiary alicyclic amines) is 1. The molecule has 0 bridgehead atoms. The second kappa shape index (κ2) is 31.2. The molecule has 410 valence electrons. The highest BCUT2D eigenvalue weighted by Crippen LogP contribution is 2.22. The molecule has 23 N–H and O–H groups in total. The molecule has 28 nitrogen and oxygen atoms in total. The van der Waals surface area contributed by atoms with Crippen molar-refractivity contribution in [2.45, 2.75) is 138 Å². The van der Waals surface area contributed by atoms with Crippen molar-refractivity contribution in [2.24, 2.45) is 45.1 Å². The highest BCUT2D eigenvalue weighted by molar-refractivity contribution is 5.99. The number of aromatic amines is 1. The van der Waals surface area contributed by atoms with Gasteiger partial charge in [0.2, 0.25) is 53.2 Å². The van der Waals surface area contributed by atoms with Crippen LogP contribution in [0, 0.1) is 0 Å².